The first kappa shape index (κ1) is 16.1. The zero-order valence-corrected chi connectivity index (χ0v) is 14.2. The van der Waals surface area contributed by atoms with Gasteiger partial charge in [0.05, 0.1) is 23.0 Å². The number of sulfonamides is 1. The number of benzene rings is 1. The molecule has 1 aromatic rings. The molecule has 1 amide bonds. The molecule has 2 bridgehead atoms. The molecule has 3 atom stereocenters. The lowest BCUT2D eigenvalue weighted by molar-refractivity contribution is -0.128. The number of nitrogens with zero attached hydrogens (tertiary/aromatic N) is 1. The van der Waals surface area contributed by atoms with Crippen molar-refractivity contribution in [3.05, 3.63) is 30.3 Å². The van der Waals surface area contributed by atoms with Gasteiger partial charge in [-0.05, 0) is 37.8 Å². The molecular formula is C17H22N2O4S. The van der Waals surface area contributed by atoms with E-state index in [9.17, 15) is 13.2 Å². The fraction of sp³-hybridized carbons (Fsp3) is 0.588. The Morgan fingerprint density at radius 1 is 1.17 bits per heavy atom. The highest BCUT2D eigenvalue weighted by atomic mass is 32.2. The lowest BCUT2D eigenvalue weighted by atomic mass is 9.91. The normalized spacial score (nSPS) is 30.8. The number of carbonyl (C=O) groups excluding carboxylic acids is 1. The van der Waals surface area contributed by atoms with Crippen molar-refractivity contribution >= 4 is 15.9 Å². The second-order valence-electron chi connectivity index (χ2n) is 6.91. The van der Waals surface area contributed by atoms with Crippen LogP contribution in [0, 0.1) is 5.92 Å². The molecule has 0 unspecified atom stereocenters. The molecular weight excluding hydrogens is 328 g/mol. The largest absolute Gasteiger partial charge is 0.371 e. The Hall–Kier alpha value is -1.44. The minimum absolute atomic E-state index is 0.0196. The molecule has 1 saturated carbocycles. The number of ether oxygens (including phenoxy) is 1. The topological polar surface area (TPSA) is 75.7 Å². The summed E-state index contributed by atoms with van der Waals surface area (Å²) in [5.41, 5.74) is 0. The van der Waals surface area contributed by atoms with Gasteiger partial charge < -0.3 is 10.1 Å². The fourth-order valence-electron chi connectivity index (χ4n) is 3.70. The van der Waals surface area contributed by atoms with Gasteiger partial charge in [0.2, 0.25) is 15.9 Å². The predicted molar refractivity (Wildman–Crippen MR) is 87.8 cm³/mol. The van der Waals surface area contributed by atoms with Crippen molar-refractivity contribution in [3.8, 4) is 0 Å². The lowest BCUT2D eigenvalue weighted by Gasteiger charge is -2.32. The summed E-state index contributed by atoms with van der Waals surface area (Å²) in [5.74, 6) is -0.224. The molecule has 0 aromatic heterocycles. The molecule has 4 rings (SSSR count). The fourth-order valence-corrected chi connectivity index (χ4v) is 5.20. The molecule has 24 heavy (non-hydrogen) atoms. The number of carbonyl (C=O) groups is 1. The summed E-state index contributed by atoms with van der Waals surface area (Å²) in [6.07, 6.45) is 3.32. The number of fused-ring (bicyclic) bond motifs is 2. The van der Waals surface area contributed by atoms with E-state index >= 15 is 0 Å². The van der Waals surface area contributed by atoms with Crippen LogP contribution in [0.25, 0.3) is 0 Å². The minimum atomic E-state index is -3.53. The molecule has 2 saturated heterocycles. The molecule has 1 aliphatic carbocycles. The first-order valence-corrected chi connectivity index (χ1v) is 9.99. The number of amides is 1. The number of hydrogen-bond acceptors (Lipinski definition) is 4. The van der Waals surface area contributed by atoms with Gasteiger partial charge >= 0.3 is 0 Å². The predicted octanol–water partition coefficient (Wildman–Crippen LogP) is 1.13. The average molecular weight is 350 g/mol. The van der Waals surface area contributed by atoms with E-state index in [0.717, 1.165) is 12.8 Å². The first-order valence-electron chi connectivity index (χ1n) is 8.55. The van der Waals surface area contributed by atoms with Crippen LogP contribution in [0.3, 0.4) is 0 Å². The molecule has 2 aliphatic heterocycles. The minimum Gasteiger partial charge on any atom is -0.371 e. The van der Waals surface area contributed by atoms with Crippen LogP contribution in [-0.2, 0) is 19.6 Å². The third kappa shape index (κ3) is 2.85. The second kappa shape index (κ2) is 6.13. The maximum Gasteiger partial charge on any atom is 0.243 e. The van der Waals surface area contributed by atoms with E-state index in [1.807, 2.05) is 0 Å². The van der Waals surface area contributed by atoms with E-state index in [0.29, 0.717) is 23.9 Å². The van der Waals surface area contributed by atoms with Crippen LogP contribution in [0.15, 0.2) is 35.2 Å². The maximum absolute atomic E-state index is 12.8. The SMILES string of the molecule is O=C(NC1CCC1)[C@H]1C[C@H]2CN(S(=O)(=O)c3ccccc3)C[C@@H]1O2. The van der Waals surface area contributed by atoms with E-state index in [2.05, 4.69) is 5.32 Å². The van der Waals surface area contributed by atoms with Gasteiger partial charge in [-0.1, -0.05) is 18.2 Å². The third-order valence-electron chi connectivity index (χ3n) is 5.29. The van der Waals surface area contributed by atoms with Crippen molar-refractivity contribution in [2.75, 3.05) is 13.1 Å². The summed E-state index contributed by atoms with van der Waals surface area (Å²) in [5, 5.41) is 3.07. The molecule has 0 spiro atoms. The lowest BCUT2D eigenvalue weighted by Crippen LogP contribution is -2.49. The van der Waals surface area contributed by atoms with E-state index in [-0.39, 0.29) is 30.6 Å². The van der Waals surface area contributed by atoms with E-state index in [4.69, 9.17) is 4.74 Å². The molecule has 7 heteroatoms. The zero-order valence-electron chi connectivity index (χ0n) is 13.4. The van der Waals surface area contributed by atoms with Gasteiger partial charge in [0.15, 0.2) is 0 Å². The number of hydrogen-bond donors (Lipinski definition) is 1. The molecule has 0 radical (unpaired) electrons. The Labute approximate surface area is 142 Å². The Balaban J connectivity index is 1.47. The summed E-state index contributed by atoms with van der Waals surface area (Å²) >= 11 is 0. The van der Waals surface area contributed by atoms with Crippen molar-refractivity contribution in [2.24, 2.45) is 5.92 Å². The van der Waals surface area contributed by atoms with E-state index < -0.39 is 10.0 Å². The number of morpholine rings is 1. The summed E-state index contributed by atoms with van der Waals surface area (Å²) < 4.78 is 32.9. The van der Waals surface area contributed by atoms with Gasteiger partial charge in [0.1, 0.15) is 0 Å². The molecule has 1 aromatic carbocycles. The Morgan fingerprint density at radius 2 is 1.92 bits per heavy atom. The highest BCUT2D eigenvalue weighted by Crippen LogP contribution is 2.35. The van der Waals surface area contributed by atoms with Crippen molar-refractivity contribution in [1.82, 2.24) is 9.62 Å². The van der Waals surface area contributed by atoms with Crippen LogP contribution >= 0.6 is 0 Å². The molecule has 130 valence electrons. The summed E-state index contributed by atoms with van der Waals surface area (Å²) in [7, 11) is -3.53. The van der Waals surface area contributed by atoms with Crippen LogP contribution in [0.4, 0.5) is 0 Å². The summed E-state index contributed by atoms with van der Waals surface area (Å²) in [4.78, 5) is 12.8. The summed E-state index contributed by atoms with van der Waals surface area (Å²) in [6.45, 7) is 0.567. The third-order valence-corrected chi connectivity index (χ3v) is 7.14. The van der Waals surface area contributed by atoms with Gasteiger partial charge in [-0.3, -0.25) is 4.79 Å². The van der Waals surface area contributed by atoms with Gasteiger partial charge in [-0.2, -0.15) is 4.31 Å². The second-order valence-corrected chi connectivity index (χ2v) is 8.85. The Kier molecular flexibility index (Phi) is 4.10. The van der Waals surface area contributed by atoms with Crippen molar-refractivity contribution in [2.45, 2.75) is 48.8 Å². The highest BCUT2D eigenvalue weighted by molar-refractivity contribution is 7.89. The van der Waals surface area contributed by atoms with Crippen LogP contribution in [0.1, 0.15) is 25.7 Å². The monoisotopic (exact) mass is 350 g/mol. The molecule has 1 N–H and O–H groups in total. The standard InChI is InChI=1S/C17H22N2O4S/c20-17(18-12-5-4-6-12)15-9-13-10-19(11-16(15)23-13)24(21,22)14-7-2-1-3-8-14/h1-3,7-8,12-13,15-16H,4-6,9-11H2,(H,18,20)/t13-,15-,16-/m0/s1. The van der Waals surface area contributed by atoms with Crippen molar-refractivity contribution < 1.29 is 17.9 Å². The number of rotatable bonds is 4. The molecule has 6 nitrogen and oxygen atoms in total. The quantitative estimate of drug-likeness (QED) is 0.883. The van der Waals surface area contributed by atoms with Crippen LogP contribution in [0.5, 0.6) is 0 Å². The highest BCUT2D eigenvalue weighted by Gasteiger charge is 2.47. The van der Waals surface area contributed by atoms with Gasteiger partial charge in [0.25, 0.3) is 0 Å². The van der Waals surface area contributed by atoms with E-state index in [1.165, 1.54) is 10.7 Å². The molecule has 2 heterocycles. The van der Waals surface area contributed by atoms with Gasteiger partial charge in [0, 0.05) is 19.1 Å². The smallest absolute Gasteiger partial charge is 0.243 e. The van der Waals surface area contributed by atoms with Crippen LogP contribution in [0.2, 0.25) is 0 Å². The Morgan fingerprint density at radius 3 is 2.58 bits per heavy atom. The van der Waals surface area contributed by atoms with Crippen LogP contribution < -0.4 is 5.32 Å². The van der Waals surface area contributed by atoms with Crippen molar-refractivity contribution in [3.63, 3.8) is 0 Å². The maximum atomic E-state index is 12.8. The number of nitrogens with one attached hydrogen (secondary N) is 1. The molecule has 3 fully saturated rings. The Bertz CT molecular complexity index is 717. The van der Waals surface area contributed by atoms with Crippen LogP contribution in [-0.4, -0.2) is 50.0 Å². The van der Waals surface area contributed by atoms with Gasteiger partial charge in [-0.25, -0.2) is 8.42 Å². The zero-order chi connectivity index (χ0) is 16.7. The first-order chi connectivity index (χ1) is 11.5. The molecule has 3 aliphatic rings. The van der Waals surface area contributed by atoms with Crippen molar-refractivity contribution in [1.29, 1.82) is 0 Å². The van der Waals surface area contributed by atoms with Gasteiger partial charge in [-0.15, -0.1) is 0 Å². The van der Waals surface area contributed by atoms with E-state index in [1.54, 1.807) is 30.3 Å². The summed E-state index contributed by atoms with van der Waals surface area (Å²) in [6, 6.07) is 8.74. The average Bonchev–Trinajstić information content (AvgIpc) is 2.85.